The Morgan fingerprint density at radius 2 is 1.38 bits per heavy atom. The van der Waals surface area contributed by atoms with E-state index >= 15 is 0 Å². The Morgan fingerprint density at radius 1 is 0.618 bits per heavy atom. The molecule has 2 heteroatoms. The lowest BCUT2D eigenvalue weighted by molar-refractivity contribution is 1.14. The molecule has 7 aromatic rings. The second kappa shape index (κ2) is 6.55. The summed E-state index contributed by atoms with van der Waals surface area (Å²) in [7, 11) is 0. The van der Waals surface area contributed by atoms with E-state index in [1.165, 1.54) is 65.6 Å². The molecule has 8 rings (SSSR count). The second-order valence-corrected chi connectivity index (χ2v) is 9.18. The Morgan fingerprint density at radius 3 is 2.24 bits per heavy atom. The lowest BCUT2D eigenvalue weighted by Gasteiger charge is -2.14. The number of rotatable bonds is 1. The topological polar surface area (TPSA) is 17.8 Å². The van der Waals surface area contributed by atoms with E-state index in [1.54, 1.807) is 0 Å². The summed E-state index contributed by atoms with van der Waals surface area (Å²) in [6.07, 6.45) is 4.77. The van der Waals surface area contributed by atoms with Crippen LogP contribution in [-0.4, -0.2) is 9.55 Å². The molecule has 34 heavy (non-hydrogen) atoms. The van der Waals surface area contributed by atoms with E-state index in [0.717, 1.165) is 12.1 Å². The number of hydrogen-bond acceptors (Lipinski definition) is 1. The molecule has 1 aliphatic carbocycles. The van der Waals surface area contributed by atoms with Crippen LogP contribution in [0.1, 0.15) is 11.1 Å². The molecule has 2 aromatic heterocycles. The number of aromatic nitrogens is 2. The molecular weight excluding hydrogens is 412 g/mol. The number of hydrogen-bond donors (Lipinski definition) is 0. The van der Waals surface area contributed by atoms with Gasteiger partial charge in [-0.25, -0.2) is 0 Å². The zero-order chi connectivity index (χ0) is 22.2. The van der Waals surface area contributed by atoms with Crippen molar-refractivity contribution in [2.75, 3.05) is 0 Å². The first-order valence-electron chi connectivity index (χ1n) is 11.8. The van der Waals surface area contributed by atoms with E-state index in [-0.39, 0.29) is 0 Å². The summed E-state index contributed by atoms with van der Waals surface area (Å²) in [5.41, 5.74) is 9.28. The van der Waals surface area contributed by atoms with Gasteiger partial charge in [0.25, 0.3) is 0 Å². The molecule has 0 radical (unpaired) electrons. The van der Waals surface area contributed by atoms with Crippen LogP contribution in [0, 0.1) is 0 Å². The van der Waals surface area contributed by atoms with Crippen LogP contribution in [0.15, 0.2) is 109 Å². The predicted octanol–water partition coefficient (Wildman–Crippen LogP) is 8.06. The van der Waals surface area contributed by atoms with Gasteiger partial charge in [0.15, 0.2) is 0 Å². The number of nitrogens with zero attached hydrogens (tertiary/aromatic N) is 2. The number of fused-ring (bicyclic) bond motifs is 12. The largest absolute Gasteiger partial charge is 0.307 e. The molecule has 0 fully saturated rings. The molecule has 0 atom stereocenters. The fourth-order valence-electron chi connectivity index (χ4n) is 6.16. The molecule has 2 nitrogen and oxygen atoms in total. The van der Waals surface area contributed by atoms with Crippen molar-refractivity contribution >= 4 is 43.4 Å². The highest BCUT2D eigenvalue weighted by Crippen LogP contribution is 2.51. The van der Waals surface area contributed by atoms with Crippen LogP contribution < -0.4 is 0 Å². The highest BCUT2D eigenvalue weighted by molar-refractivity contribution is 6.26. The molecule has 0 aliphatic heterocycles. The highest BCUT2D eigenvalue weighted by atomic mass is 15.0. The van der Waals surface area contributed by atoms with Crippen molar-refractivity contribution in [1.82, 2.24) is 9.55 Å². The third kappa shape index (κ3) is 2.22. The molecule has 0 amide bonds. The summed E-state index contributed by atoms with van der Waals surface area (Å²) in [5.74, 6) is 0. The number of benzene rings is 5. The van der Waals surface area contributed by atoms with Gasteiger partial charge in [-0.05, 0) is 63.0 Å². The molecule has 0 saturated carbocycles. The van der Waals surface area contributed by atoms with Crippen molar-refractivity contribution in [3.63, 3.8) is 0 Å². The molecule has 0 unspecified atom stereocenters. The second-order valence-electron chi connectivity index (χ2n) is 9.18. The lowest BCUT2D eigenvalue weighted by atomic mass is 9.91. The maximum Gasteiger partial charge on any atom is 0.0645 e. The van der Waals surface area contributed by atoms with Crippen molar-refractivity contribution in [2.24, 2.45) is 0 Å². The van der Waals surface area contributed by atoms with Gasteiger partial charge in [-0.2, -0.15) is 0 Å². The van der Waals surface area contributed by atoms with Crippen LogP contribution in [0.25, 0.3) is 60.2 Å². The van der Waals surface area contributed by atoms with Gasteiger partial charge in [0.05, 0.1) is 22.9 Å². The van der Waals surface area contributed by atoms with Crippen LogP contribution in [0.3, 0.4) is 0 Å². The Labute approximate surface area is 196 Å². The minimum Gasteiger partial charge on any atom is -0.307 e. The van der Waals surface area contributed by atoms with Crippen LogP contribution >= 0.6 is 0 Å². The van der Waals surface area contributed by atoms with Gasteiger partial charge in [-0.3, -0.25) is 4.98 Å². The van der Waals surface area contributed by atoms with E-state index in [1.807, 2.05) is 18.5 Å². The summed E-state index contributed by atoms with van der Waals surface area (Å²) in [6.45, 7) is 0. The Balaban J connectivity index is 1.66. The summed E-state index contributed by atoms with van der Waals surface area (Å²) in [4.78, 5) is 4.45. The van der Waals surface area contributed by atoms with Crippen LogP contribution in [-0.2, 0) is 6.42 Å². The average molecular weight is 433 g/mol. The predicted molar refractivity (Wildman–Crippen MR) is 142 cm³/mol. The normalized spacial score (nSPS) is 12.6. The molecule has 5 aromatic carbocycles. The molecule has 2 heterocycles. The number of para-hydroxylation sites is 1. The minimum atomic E-state index is 0.956. The third-order valence-electron chi connectivity index (χ3n) is 7.47. The maximum absolute atomic E-state index is 4.45. The summed E-state index contributed by atoms with van der Waals surface area (Å²) < 4.78 is 2.40. The summed E-state index contributed by atoms with van der Waals surface area (Å²) in [5, 5.41) is 7.94. The lowest BCUT2D eigenvalue weighted by Crippen LogP contribution is -1.96. The van der Waals surface area contributed by atoms with Crippen molar-refractivity contribution in [3.8, 4) is 16.8 Å². The zero-order valence-corrected chi connectivity index (χ0v) is 18.5. The quantitative estimate of drug-likeness (QED) is 0.256. The van der Waals surface area contributed by atoms with E-state index in [0.29, 0.717) is 0 Å². The minimum absolute atomic E-state index is 0.956. The zero-order valence-electron chi connectivity index (χ0n) is 18.5. The van der Waals surface area contributed by atoms with Crippen LogP contribution in [0.5, 0.6) is 0 Å². The van der Waals surface area contributed by atoms with Gasteiger partial charge in [0, 0.05) is 22.4 Å². The SMILES string of the molecule is c1cncc(-n2c3ccccc3c3c4c(c5ccccc5c32)-c2c(ccc3ccccc23)C4)c1. The van der Waals surface area contributed by atoms with Crippen LogP contribution in [0.2, 0.25) is 0 Å². The third-order valence-corrected chi connectivity index (χ3v) is 7.47. The van der Waals surface area contributed by atoms with Crippen LogP contribution in [0.4, 0.5) is 0 Å². The smallest absolute Gasteiger partial charge is 0.0645 e. The highest BCUT2D eigenvalue weighted by Gasteiger charge is 2.29. The van der Waals surface area contributed by atoms with E-state index < -0.39 is 0 Å². The first-order valence-corrected chi connectivity index (χ1v) is 11.8. The van der Waals surface area contributed by atoms with Crippen molar-refractivity contribution in [3.05, 3.63) is 121 Å². The number of pyridine rings is 1. The van der Waals surface area contributed by atoms with Crippen molar-refractivity contribution in [2.45, 2.75) is 6.42 Å². The molecule has 0 saturated heterocycles. The van der Waals surface area contributed by atoms with Gasteiger partial charge < -0.3 is 4.57 Å². The standard InChI is InChI=1S/C32H20N2/c1-2-10-23-20(8-1)15-16-21-18-27-30(29(21)23)24-11-3-4-12-25(24)32-31(27)26-13-5-6-14-28(26)34(32)22-9-7-17-33-19-22/h1-17,19H,18H2. The van der Waals surface area contributed by atoms with E-state index in [2.05, 4.69) is 101 Å². The van der Waals surface area contributed by atoms with Crippen molar-refractivity contribution in [1.29, 1.82) is 0 Å². The molecule has 0 bridgehead atoms. The Kier molecular flexibility index (Phi) is 3.48. The fourth-order valence-corrected chi connectivity index (χ4v) is 6.16. The van der Waals surface area contributed by atoms with Gasteiger partial charge >= 0.3 is 0 Å². The molecule has 0 N–H and O–H groups in total. The Bertz CT molecular complexity index is 1930. The monoisotopic (exact) mass is 432 g/mol. The molecule has 1 aliphatic rings. The average Bonchev–Trinajstić information content (AvgIpc) is 3.46. The van der Waals surface area contributed by atoms with Gasteiger partial charge in [-0.15, -0.1) is 0 Å². The molecule has 158 valence electrons. The van der Waals surface area contributed by atoms with E-state index in [4.69, 9.17) is 0 Å². The van der Waals surface area contributed by atoms with Gasteiger partial charge in [-0.1, -0.05) is 78.9 Å². The molecular formula is C32H20N2. The Hall–Kier alpha value is -4.43. The van der Waals surface area contributed by atoms with Crippen molar-refractivity contribution < 1.29 is 0 Å². The summed E-state index contributed by atoms with van der Waals surface area (Å²) >= 11 is 0. The first-order chi connectivity index (χ1) is 16.9. The first kappa shape index (κ1) is 18.0. The maximum atomic E-state index is 4.45. The van der Waals surface area contributed by atoms with Gasteiger partial charge in [0.2, 0.25) is 0 Å². The fraction of sp³-hybridized carbons (Fsp3) is 0.0312. The van der Waals surface area contributed by atoms with Gasteiger partial charge in [0.1, 0.15) is 0 Å². The van der Waals surface area contributed by atoms with E-state index in [9.17, 15) is 0 Å². The summed E-state index contributed by atoms with van der Waals surface area (Å²) in [6, 6.07) is 35.3. The molecule has 0 spiro atoms.